The Kier molecular flexibility index (Phi) is 4.22. The minimum absolute atomic E-state index is 0.0734. The lowest BCUT2D eigenvalue weighted by Crippen LogP contribution is -3.10. The van der Waals surface area contributed by atoms with Gasteiger partial charge < -0.3 is 14.6 Å². The van der Waals surface area contributed by atoms with Crippen LogP contribution in [0.5, 0.6) is 0 Å². The van der Waals surface area contributed by atoms with E-state index in [1.54, 1.807) is 11.2 Å². The number of quaternary nitrogens is 1. The van der Waals surface area contributed by atoms with Gasteiger partial charge in [0, 0.05) is 23.8 Å². The van der Waals surface area contributed by atoms with Gasteiger partial charge in [-0.05, 0) is 16.8 Å². The summed E-state index contributed by atoms with van der Waals surface area (Å²) in [6.07, 6.45) is 4.73. The molecular weight excluding hydrogens is 300 g/mol. The second-order valence-electron chi connectivity index (χ2n) is 6.65. The molecule has 4 rings (SSSR count). The Labute approximate surface area is 141 Å². The molecule has 4 heteroatoms. The Morgan fingerprint density at radius 2 is 1.96 bits per heavy atom. The lowest BCUT2D eigenvalue weighted by atomic mass is 10.0. The van der Waals surface area contributed by atoms with Crippen LogP contribution < -0.4 is 10.2 Å². The SMILES string of the molecule is O=C(Cc1coc2ccc3ccccc3c12)NCC[NH+]1CCCC1. The average Bonchev–Trinajstić information content (AvgIpc) is 3.25. The van der Waals surface area contributed by atoms with Crippen LogP contribution in [0.1, 0.15) is 18.4 Å². The van der Waals surface area contributed by atoms with Gasteiger partial charge in [0.1, 0.15) is 5.58 Å². The first kappa shape index (κ1) is 15.2. The minimum atomic E-state index is 0.0734. The van der Waals surface area contributed by atoms with Crippen molar-refractivity contribution in [1.29, 1.82) is 0 Å². The van der Waals surface area contributed by atoms with E-state index in [-0.39, 0.29) is 5.91 Å². The van der Waals surface area contributed by atoms with Gasteiger partial charge in [0.05, 0.1) is 38.9 Å². The summed E-state index contributed by atoms with van der Waals surface area (Å²) >= 11 is 0. The van der Waals surface area contributed by atoms with Gasteiger partial charge >= 0.3 is 0 Å². The first-order valence-electron chi connectivity index (χ1n) is 8.79. The fraction of sp³-hybridized carbons (Fsp3) is 0.350. The number of benzene rings is 2. The predicted octanol–water partition coefficient (Wildman–Crippen LogP) is 1.92. The number of hydrogen-bond donors (Lipinski definition) is 2. The number of carbonyl (C=O) groups excluding carboxylic acids is 1. The highest BCUT2D eigenvalue weighted by molar-refractivity contribution is 6.08. The summed E-state index contributed by atoms with van der Waals surface area (Å²) in [6, 6.07) is 12.3. The molecule has 0 unspecified atom stereocenters. The molecule has 1 amide bonds. The van der Waals surface area contributed by atoms with E-state index in [9.17, 15) is 4.79 Å². The van der Waals surface area contributed by atoms with E-state index in [0.717, 1.165) is 35.0 Å². The molecule has 0 radical (unpaired) electrons. The van der Waals surface area contributed by atoms with Crippen LogP contribution in [0.25, 0.3) is 21.7 Å². The smallest absolute Gasteiger partial charge is 0.224 e. The molecule has 1 aliphatic rings. The molecular formula is C20H23N2O2+. The van der Waals surface area contributed by atoms with Crippen molar-refractivity contribution in [3.8, 4) is 0 Å². The maximum Gasteiger partial charge on any atom is 0.224 e. The van der Waals surface area contributed by atoms with Crippen LogP contribution >= 0.6 is 0 Å². The van der Waals surface area contributed by atoms with Crippen LogP contribution in [-0.4, -0.2) is 32.1 Å². The summed E-state index contributed by atoms with van der Waals surface area (Å²) < 4.78 is 5.66. The third-order valence-electron chi connectivity index (χ3n) is 5.00. The molecule has 1 aliphatic heterocycles. The second-order valence-corrected chi connectivity index (χ2v) is 6.65. The summed E-state index contributed by atoms with van der Waals surface area (Å²) in [5, 5.41) is 6.44. The van der Waals surface area contributed by atoms with E-state index in [2.05, 4.69) is 23.5 Å². The Bertz CT molecular complexity index is 862. The molecule has 4 nitrogen and oxygen atoms in total. The highest BCUT2D eigenvalue weighted by atomic mass is 16.3. The standard InChI is InChI=1S/C20H22N2O2/c23-19(21-9-12-22-10-3-4-11-22)13-16-14-24-18-8-7-15-5-1-2-6-17(15)20(16)18/h1-2,5-8,14H,3-4,9-13H2,(H,21,23)/p+1. The van der Waals surface area contributed by atoms with Crippen LogP contribution in [0.15, 0.2) is 47.1 Å². The number of fused-ring (bicyclic) bond motifs is 3. The molecule has 0 bridgehead atoms. The molecule has 2 aromatic carbocycles. The van der Waals surface area contributed by atoms with Crippen LogP contribution in [0.2, 0.25) is 0 Å². The van der Waals surface area contributed by atoms with Gasteiger partial charge in [0.25, 0.3) is 0 Å². The highest BCUT2D eigenvalue weighted by Crippen LogP contribution is 2.29. The molecule has 1 saturated heterocycles. The number of carbonyl (C=O) groups is 1. The zero-order chi connectivity index (χ0) is 16.4. The average molecular weight is 323 g/mol. The van der Waals surface area contributed by atoms with Crippen LogP contribution in [0.4, 0.5) is 0 Å². The molecule has 0 saturated carbocycles. The van der Waals surface area contributed by atoms with E-state index < -0.39 is 0 Å². The van der Waals surface area contributed by atoms with Gasteiger partial charge in [-0.2, -0.15) is 0 Å². The van der Waals surface area contributed by atoms with Crippen molar-refractivity contribution >= 4 is 27.6 Å². The number of nitrogens with one attached hydrogen (secondary N) is 2. The molecule has 0 spiro atoms. The van der Waals surface area contributed by atoms with Crippen molar-refractivity contribution in [3.63, 3.8) is 0 Å². The number of furan rings is 1. The zero-order valence-electron chi connectivity index (χ0n) is 13.8. The first-order chi connectivity index (χ1) is 11.8. The van der Waals surface area contributed by atoms with E-state index in [0.29, 0.717) is 6.42 Å². The highest BCUT2D eigenvalue weighted by Gasteiger charge is 2.16. The fourth-order valence-electron chi connectivity index (χ4n) is 3.74. The number of hydrogen-bond acceptors (Lipinski definition) is 2. The Morgan fingerprint density at radius 3 is 2.83 bits per heavy atom. The molecule has 1 aromatic heterocycles. The molecule has 2 heterocycles. The first-order valence-corrected chi connectivity index (χ1v) is 8.79. The number of likely N-dealkylation sites (tertiary alicyclic amines) is 1. The van der Waals surface area contributed by atoms with Gasteiger partial charge in [-0.3, -0.25) is 4.79 Å². The van der Waals surface area contributed by atoms with Gasteiger partial charge in [-0.1, -0.05) is 30.3 Å². The van der Waals surface area contributed by atoms with Crippen molar-refractivity contribution < 1.29 is 14.1 Å². The Hall–Kier alpha value is -2.33. The lowest BCUT2D eigenvalue weighted by Gasteiger charge is -2.12. The lowest BCUT2D eigenvalue weighted by molar-refractivity contribution is -0.886. The summed E-state index contributed by atoms with van der Waals surface area (Å²) in [5.74, 6) is 0.0734. The van der Waals surface area contributed by atoms with Crippen molar-refractivity contribution in [2.75, 3.05) is 26.2 Å². The third-order valence-corrected chi connectivity index (χ3v) is 5.00. The van der Waals surface area contributed by atoms with Crippen molar-refractivity contribution in [3.05, 3.63) is 48.2 Å². The fourth-order valence-corrected chi connectivity index (χ4v) is 3.74. The van der Waals surface area contributed by atoms with E-state index in [4.69, 9.17) is 4.42 Å². The van der Waals surface area contributed by atoms with Crippen LogP contribution in [-0.2, 0) is 11.2 Å². The van der Waals surface area contributed by atoms with E-state index in [1.165, 1.54) is 31.3 Å². The topological polar surface area (TPSA) is 46.7 Å². The van der Waals surface area contributed by atoms with Crippen LogP contribution in [0.3, 0.4) is 0 Å². The van der Waals surface area contributed by atoms with Crippen LogP contribution in [0, 0.1) is 0 Å². The van der Waals surface area contributed by atoms with Crippen molar-refractivity contribution in [1.82, 2.24) is 5.32 Å². The third kappa shape index (κ3) is 3.02. The van der Waals surface area contributed by atoms with Gasteiger partial charge in [0.2, 0.25) is 5.91 Å². The molecule has 2 N–H and O–H groups in total. The summed E-state index contributed by atoms with van der Waals surface area (Å²) in [5.41, 5.74) is 1.81. The number of rotatable bonds is 5. The molecule has 124 valence electrons. The molecule has 0 atom stereocenters. The second kappa shape index (κ2) is 6.65. The van der Waals surface area contributed by atoms with E-state index >= 15 is 0 Å². The predicted molar refractivity (Wildman–Crippen MR) is 95.2 cm³/mol. The Morgan fingerprint density at radius 1 is 1.12 bits per heavy atom. The monoisotopic (exact) mass is 323 g/mol. The minimum Gasteiger partial charge on any atom is -0.464 e. The maximum absolute atomic E-state index is 12.3. The van der Waals surface area contributed by atoms with Crippen molar-refractivity contribution in [2.45, 2.75) is 19.3 Å². The van der Waals surface area contributed by atoms with Gasteiger partial charge in [-0.15, -0.1) is 0 Å². The molecule has 0 aliphatic carbocycles. The number of amides is 1. The molecule has 24 heavy (non-hydrogen) atoms. The molecule has 3 aromatic rings. The Balaban J connectivity index is 1.47. The van der Waals surface area contributed by atoms with Crippen molar-refractivity contribution in [2.24, 2.45) is 0 Å². The normalized spacial score (nSPS) is 15.3. The largest absolute Gasteiger partial charge is 0.464 e. The maximum atomic E-state index is 12.3. The van der Waals surface area contributed by atoms with Gasteiger partial charge in [-0.25, -0.2) is 0 Å². The summed E-state index contributed by atoms with van der Waals surface area (Å²) in [7, 11) is 0. The summed E-state index contributed by atoms with van der Waals surface area (Å²) in [4.78, 5) is 13.9. The van der Waals surface area contributed by atoms with E-state index in [1.807, 2.05) is 18.2 Å². The van der Waals surface area contributed by atoms with Gasteiger partial charge in [0.15, 0.2) is 0 Å². The quantitative estimate of drug-likeness (QED) is 0.754. The summed E-state index contributed by atoms with van der Waals surface area (Å²) in [6.45, 7) is 4.27. The zero-order valence-corrected chi connectivity index (χ0v) is 13.8. The molecule has 1 fully saturated rings.